The second-order valence-electron chi connectivity index (χ2n) is 5.17. The van der Waals surface area contributed by atoms with Crippen molar-refractivity contribution in [1.29, 1.82) is 0 Å². The number of H-pyrrole nitrogens is 1. The Bertz CT molecular complexity index is 699. The average Bonchev–Trinajstić information content (AvgIpc) is 2.77. The first-order valence-corrected chi connectivity index (χ1v) is 7.18. The summed E-state index contributed by atoms with van der Waals surface area (Å²) in [5.41, 5.74) is 3.88. The van der Waals surface area contributed by atoms with Gasteiger partial charge in [0.1, 0.15) is 5.69 Å². The third-order valence-electron chi connectivity index (χ3n) is 3.45. The lowest BCUT2D eigenvalue weighted by Crippen LogP contribution is -2.14. The van der Waals surface area contributed by atoms with Crippen LogP contribution in [-0.2, 0) is 4.74 Å². The van der Waals surface area contributed by atoms with Gasteiger partial charge in [-0.1, -0.05) is 17.7 Å². The van der Waals surface area contributed by atoms with E-state index in [0.717, 1.165) is 5.56 Å². The highest BCUT2D eigenvalue weighted by molar-refractivity contribution is 6.08. The van der Waals surface area contributed by atoms with E-state index in [1.54, 1.807) is 20.8 Å². The molecule has 0 radical (unpaired) electrons. The Labute approximate surface area is 129 Å². The zero-order valence-corrected chi connectivity index (χ0v) is 13.2. The van der Waals surface area contributed by atoms with E-state index in [1.807, 2.05) is 31.2 Å². The van der Waals surface area contributed by atoms with Gasteiger partial charge in [0.2, 0.25) is 0 Å². The Morgan fingerprint density at radius 3 is 2.36 bits per heavy atom. The number of hydrogen-bond acceptors (Lipinski definition) is 3. The van der Waals surface area contributed by atoms with Crippen LogP contribution in [0.3, 0.4) is 0 Å². The summed E-state index contributed by atoms with van der Waals surface area (Å²) in [4.78, 5) is 27.3. The van der Waals surface area contributed by atoms with E-state index in [-0.39, 0.29) is 5.91 Å². The first-order chi connectivity index (χ1) is 10.4. The molecule has 2 N–H and O–H groups in total. The Morgan fingerprint density at radius 1 is 1.14 bits per heavy atom. The number of carbonyl (C=O) groups is 2. The minimum Gasteiger partial charge on any atom is -0.461 e. The number of aromatic nitrogens is 1. The van der Waals surface area contributed by atoms with E-state index in [4.69, 9.17) is 4.74 Å². The molecule has 5 heteroatoms. The molecule has 5 nitrogen and oxygen atoms in total. The van der Waals surface area contributed by atoms with Gasteiger partial charge < -0.3 is 15.0 Å². The topological polar surface area (TPSA) is 71.2 Å². The number of esters is 1. The normalized spacial score (nSPS) is 10.4. The van der Waals surface area contributed by atoms with Crippen LogP contribution in [-0.4, -0.2) is 23.5 Å². The van der Waals surface area contributed by atoms with Crippen LogP contribution in [0, 0.1) is 20.8 Å². The van der Waals surface area contributed by atoms with Gasteiger partial charge >= 0.3 is 5.97 Å². The predicted octanol–water partition coefficient (Wildman–Crippen LogP) is 3.37. The van der Waals surface area contributed by atoms with Crippen molar-refractivity contribution in [3.05, 3.63) is 52.3 Å². The summed E-state index contributed by atoms with van der Waals surface area (Å²) in [5, 5.41) is 2.84. The summed E-state index contributed by atoms with van der Waals surface area (Å²) in [6, 6.07) is 7.54. The second kappa shape index (κ2) is 6.47. The van der Waals surface area contributed by atoms with E-state index < -0.39 is 5.97 Å². The molecule has 116 valence electrons. The first-order valence-electron chi connectivity index (χ1n) is 7.18. The molecule has 0 aliphatic carbocycles. The maximum absolute atomic E-state index is 12.5. The van der Waals surface area contributed by atoms with Crippen molar-refractivity contribution in [2.24, 2.45) is 0 Å². The standard InChI is InChI=1S/C17H20N2O3/c1-5-22-17(21)15-11(3)14(12(4)18-15)16(20)19-13-8-6-10(2)7-9-13/h6-9,18H,5H2,1-4H3,(H,19,20). The number of rotatable bonds is 4. The van der Waals surface area contributed by atoms with Gasteiger partial charge in [-0.2, -0.15) is 0 Å². The predicted molar refractivity (Wildman–Crippen MR) is 85.4 cm³/mol. The van der Waals surface area contributed by atoms with Crippen LogP contribution < -0.4 is 5.32 Å². The molecule has 0 aliphatic rings. The van der Waals surface area contributed by atoms with Crippen molar-refractivity contribution >= 4 is 17.6 Å². The molecule has 1 aromatic carbocycles. The van der Waals surface area contributed by atoms with Crippen LogP contribution in [0.4, 0.5) is 5.69 Å². The number of benzene rings is 1. The lowest BCUT2D eigenvalue weighted by molar-refractivity contribution is 0.0519. The number of anilines is 1. The van der Waals surface area contributed by atoms with E-state index in [9.17, 15) is 9.59 Å². The zero-order valence-electron chi connectivity index (χ0n) is 13.2. The molecule has 0 unspecified atom stereocenters. The molecule has 22 heavy (non-hydrogen) atoms. The van der Waals surface area contributed by atoms with Crippen LogP contribution in [0.5, 0.6) is 0 Å². The van der Waals surface area contributed by atoms with Crippen molar-refractivity contribution < 1.29 is 14.3 Å². The SMILES string of the molecule is CCOC(=O)c1[nH]c(C)c(C(=O)Nc2ccc(C)cc2)c1C. The Kier molecular flexibility index (Phi) is 4.65. The van der Waals surface area contributed by atoms with E-state index in [2.05, 4.69) is 10.3 Å². The third-order valence-corrected chi connectivity index (χ3v) is 3.45. The van der Waals surface area contributed by atoms with Crippen LogP contribution in [0.15, 0.2) is 24.3 Å². The van der Waals surface area contributed by atoms with Crippen LogP contribution in [0.2, 0.25) is 0 Å². The maximum atomic E-state index is 12.5. The highest BCUT2D eigenvalue weighted by Crippen LogP contribution is 2.20. The summed E-state index contributed by atoms with van der Waals surface area (Å²) in [6.07, 6.45) is 0. The van der Waals surface area contributed by atoms with Gasteiger partial charge in [0.05, 0.1) is 12.2 Å². The molecule has 1 amide bonds. The molecule has 1 heterocycles. The summed E-state index contributed by atoms with van der Waals surface area (Å²) in [6.45, 7) is 7.52. The fourth-order valence-corrected chi connectivity index (χ4v) is 2.33. The van der Waals surface area contributed by atoms with Gasteiger partial charge in [-0.15, -0.1) is 0 Å². The fraction of sp³-hybridized carbons (Fsp3) is 0.294. The zero-order chi connectivity index (χ0) is 16.3. The number of aryl methyl sites for hydroxylation is 2. The lowest BCUT2D eigenvalue weighted by Gasteiger charge is -2.06. The summed E-state index contributed by atoms with van der Waals surface area (Å²) >= 11 is 0. The van der Waals surface area contributed by atoms with Gasteiger partial charge in [-0.05, 0) is 45.4 Å². The highest BCUT2D eigenvalue weighted by atomic mass is 16.5. The monoisotopic (exact) mass is 300 g/mol. The smallest absolute Gasteiger partial charge is 0.355 e. The van der Waals surface area contributed by atoms with Crippen molar-refractivity contribution in [2.75, 3.05) is 11.9 Å². The molecule has 0 atom stereocenters. The molecule has 2 aromatic rings. The van der Waals surface area contributed by atoms with Crippen LogP contribution in [0.1, 0.15) is 44.6 Å². The molecule has 0 saturated carbocycles. The molecular formula is C17H20N2O3. The first kappa shape index (κ1) is 15.8. The summed E-state index contributed by atoms with van der Waals surface area (Å²) in [5.74, 6) is -0.692. The van der Waals surface area contributed by atoms with Crippen molar-refractivity contribution in [2.45, 2.75) is 27.7 Å². The van der Waals surface area contributed by atoms with Crippen molar-refractivity contribution in [3.63, 3.8) is 0 Å². The van der Waals surface area contributed by atoms with E-state index in [0.29, 0.717) is 34.8 Å². The molecule has 0 saturated heterocycles. The number of carbonyl (C=O) groups excluding carboxylic acids is 2. The van der Waals surface area contributed by atoms with Gasteiger partial charge in [0, 0.05) is 11.4 Å². The fourth-order valence-electron chi connectivity index (χ4n) is 2.33. The largest absolute Gasteiger partial charge is 0.461 e. The highest BCUT2D eigenvalue weighted by Gasteiger charge is 2.22. The molecule has 0 spiro atoms. The lowest BCUT2D eigenvalue weighted by atomic mass is 10.1. The molecule has 2 rings (SSSR count). The number of amides is 1. The van der Waals surface area contributed by atoms with Crippen molar-refractivity contribution in [1.82, 2.24) is 4.98 Å². The number of ether oxygens (including phenoxy) is 1. The molecule has 1 aromatic heterocycles. The summed E-state index contributed by atoms with van der Waals surface area (Å²) in [7, 11) is 0. The van der Waals surface area contributed by atoms with Gasteiger partial charge in [0.15, 0.2) is 0 Å². The Balaban J connectivity index is 2.26. The van der Waals surface area contributed by atoms with Crippen molar-refractivity contribution in [3.8, 4) is 0 Å². The maximum Gasteiger partial charge on any atom is 0.355 e. The molecule has 0 bridgehead atoms. The second-order valence-corrected chi connectivity index (χ2v) is 5.17. The average molecular weight is 300 g/mol. The van der Waals surface area contributed by atoms with E-state index in [1.165, 1.54) is 0 Å². The number of hydrogen-bond donors (Lipinski definition) is 2. The molecule has 0 aliphatic heterocycles. The Morgan fingerprint density at radius 2 is 1.77 bits per heavy atom. The third kappa shape index (κ3) is 3.19. The van der Waals surface area contributed by atoms with Crippen LogP contribution in [0.25, 0.3) is 0 Å². The van der Waals surface area contributed by atoms with E-state index >= 15 is 0 Å². The molecule has 0 fully saturated rings. The van der Waals surface area contributed by atoms with Gasteiger partial charge in [-0.25, -0.2) is 4.79 Å². The van der Waals surface area contributed by atoms with Gasteiger partial charge in [0.25, 0.3) is 5.91 Å². The quantitative estimate of drug-likeness (QED) is 0.850. The molecular weight excluding hydrogens is 280 g/mol. The number of nitrogens with one attached hydrogen (secondary N) is 2. The van der Waals surface area contributed by atoms with Gasteiger partial charge in [-0.3, -0.25) is 4.79 Å². The number of aromatic amines is 1. The van der Waals surface area contributed by atoms with Crippen LogP contribution >= 0.6 is 0 Å². The minimum absolute atomic E-state index is 0.245. The minimum atomic E-state index is -0.447. The summed E-state index contributed by atoms with van der Waals surface area (Å²) < 4.78 is 4.99. The Hall–Kier alpha value is -2.56.